The van der Waals surface area contributed by atoms with Crippen LogP contribution in [0.4, 0.5) is 0 Å². The SMILES string of the molecule is N#CCc1ccc(OCCOc2cncc(Cl)c2)cc1. The highest BCUT2D eigenvalue weighted by Crippen LogP contribution is 2.15. The lowest BCUT2D eigenvalue weighted by atomic mass is 10.2. The summed E-state index contributed by atoms with van der Waals surface area (Å²) in [5, 5.41) is 9.12. The minimum atomic E-state index is 0.405. The molecule has 0 saturated heterocycles. The lowest BCUT2D eigenvalue weighted by molar-refractivity contribution is 0.216. The summed E-state index contributed by atoms with van der Waals surface area (Å²) in [6, 6.07) is 11.2. The van der Waals surface area contributed by atoms with Crippen molar-refractivity contribution in [1.29, 1.82) is 5.26 Å². The summed E-state index contributed by atoms with van der Waals surface area (Å²) < 4.78 is 11.0. The number of hydrogen-bond acceptors (Lipinski definition) is 4. The molecule has 0 aliphatic heterocycles. The van der Waals surface area contributed by atoms with Gasteiger partial charge in [0, 0.05) is 12.3 Å². The van der Waals surface area contributed by atoms with E-state index in [1.54, 1.807) is 18.5 Å². The average Bonchev–Trinajstić information content (AvgIpc) is 2.46. The molecule has 102 valence electrons. The number of aromatic nitrogens is 1. The third-order valence-corrected chi connectivity index (χ3v) is 2.71. The zero-order valence-corrected chi connectivity index (χ0v) is 11.5. The van der Waals surface area contributed by atoms with E-state index in [-0.39, 0.29) is 0 Å². The molecule has 0 saturated carbocycles. The molecule has 2 aromatic rings. The predicted molar refractivity (Wildman–Crippen MR) is 76.0 cm³/mol. The third-order valence-electron chi connectivity index (χ3n) is 2.51. The molecule has 0 fully saturated rings. The minimum absolute atomic E-state index is 0.405. The van der Waals surface area contributed by atoms with E-state index in [1.807, 2.05) is 24.3 Å². The topological polar surface area (TPSA) is 55.1 Å². The van der Waals surface area contributed by atoms with E-state index in [9.17, 15) is 0 Å². The summed E-state index contributed by atoms with van der Waals surface area (Å²) in [6.45, 7) is 0.825. The maximum Gasteiger partial charge on any atom is 0.139 e. The highest BCUT2D eigenvalue weighted by Gasteiger charge is 1.98. The van der Waals surface area contributed by atoms with Gasteiger partial charge in [0.1, 0.15) is 24.7 Å². The van der Waals surface area contributed by atoms with Crippen molar-refractivity contribution in [1.82, 2.24) is 4.98 Å². The van der Waals surface area contributed by atoms with E-state index in [0.717, 1.165) is 11.3 Å². The van der Waals surface area contributed by atoms with E-state index >= 15 is 0 Å². The monoisotopic (exact) mass is 288 g/mol. The van der Waals surface area contributed by atoms with E-state index in [1.165, 1.54) is 0 Å². The Balaban J connectivity index is 1.74. The van der Waals surface area contributed by atoms with Crippen molar-refractivity contribution in [3.05, 3.63) is 53.3 Å². The Morgan fingerprint density at radius 2 is 1.75 bits per heavy atom. The lowest BCUT2D eigenvalue weighted by Crippen LogP contribution is -2.09. The van der Waals surface area contributed by atoms with Gasteiger partial charge in [-0.05, 0) is 17.7 Å². The molecular formula is C15H13ClN2O2. The smallest absolute Gasteiger partial charge is 0.139 e. The van der Waals surface area contributed by atoms with Crippen LogP contribution in [0.25, 0.3) is 0 Å². The first-order chi connectivity index (χ1) is 9.78. The van der Waals surface area contributed by atoms with Crippen LogP contribution in [0.2, 0.25) is 5.02 Å². The van der Waals surface area contributed by atoms with Crippen molar-refractivity contribution in [2.75, 3.05) is 13.2 Å². The summed E-state index contributed by atoms with van der Waals surface area (Å²) in [4.78, 5) is 3.92. The fraction of sp³-hybridized carbons (Fsp3) is 0.200. The van der Waals surface area contributed by atoms with E-state index in [4.69, 9.17) is 26.3 Å². The second kappa shape index (κ2) is 7.37. The van der Waals surface area contributed by atoms with Gasteiger partial charge in [-0.15, -0.1) is 0 Å². The summed E-state index contributed by atoms with van der Waals surface area (Å²) in [7, 11) is 0. The fourth-order valence-electron chi connectivity index (χ4n) is 1.59. The molecular weight excluding hydrogens is 276 g/mol. The Morgan fingerprint density at radius 1 is 1.05 bits per heavy atom. The molecule has 0 atom stereocenters. The van der Waals surface area contributed by atoms with Crippen LogP contribution in [0.1, 0.15) is 5.56 Å². The van der Waals surface area contributed by atoms with Gasteiger partial charge in [-0.25, -0.2) is 0 Å². The number of hydrogen-bond donors (Lipinski definition) is 0. The average molecular weight is 289 g/mol. The molecule has 2 rings (SSSR count). The van der Waals surface area contributed by atoms with Gasteiger partial charge in [-0.2, -0.15) is 5.26 Å². The number of nitriles is 1. The van der Waals surface area contributed by atoms with Gasteiger partial charge in [0.05, 0.1) is 23.7 Å². The second-order valence-corrected chi connectivity index (χ2v) is 4.45. The standard InChI is InChI=1S/C15H13ClN2O2/c16-13-9-15(11-18-10-13)20-8-7-19-14-3-1-12(2-4-14)5-6-17/h1-4,9-11H,5,7-8H2. The van der Waals surface area contributed by atoms with Gasteiger partial charge in [0.25, 0.3) is 0 Å². The first kappa shape index (κ1) is 14.2. The normalized spacial score (nSPS) is 9.80. The van der Waals surface area contributed by atoms with E-state index < -0.39 is 0 Å². The first-order valence-electron chi connectivity index (χ1n) is 6.10. The van der Waals surface area contributed by atoms with Crippen molar-refractivity contribution in [2.24, 2.45) is 0 Å². The van der Waals surface area contributed by atoms with Crippen LogP contribution in [0.5, 0.6) is 11.5 Å². The molecule has 0 unspecified atom stereocenters. The Hall–Kier alpha value is -2.25. The molecule has 4 nitrogen and oxygen atoms in total. The molecule has 1 aromatic heterocycles. The number of nitrogens with zero attached hydrogens (tertiary/aromatic N) is 2. The number of rotatable bonds is 6. The summed E-state index contributed by atoms with van der Waals surface area (Å²) >= 11 is 5.80. The van der Waals surface area contributed by atoms with Crippen LogP contribution in [-0.4, -0.2) is 18.2 Å². The minimum Gasteiger partial charge on any atom is -0.490 e. The van der Waals surface area contributed by atoms with Crippen molar-refractivity contribution in [3.8, 4) is 17.6 Å². The highest BCUT2D eigenvalue weighted by molar-refractivity contribution is 6.30. The summed E-state index contributed by atoms with van der Waals surface area (Å²) in [6.07, 6.45) is 3.56. The van der Waals surface area contributed by atoms with Gasteiger partial charge in [0.15, 0.2) is 0 Å². The number of benzene rings is 1. The molecule has 5 heteroatoms. The molecule has 0 aliphatic carbocycles. The molecule has 1 aromatic carbocycles. The van der Waals surface area contributed by atoms with Crippen LogP contribution in [0, 0.1) is 11.3 Å². The number of ether oxygens (including phenoxy) is 2. The van der Waals surface area contributed by atoms with Crippen LogP contribution in [0.3, 0.4) is 0 Å². The molecule has 0 N–H and O–H groups in total. The van der Waals surface area contributed by atoms with Gasteiger partial charge in [-0.3, -0.25) is 4.98 Å². The third kappa shape index (κ3) is 4.45. The largest absolute Gasteiger partial charge is 0.490 e. The molecule has 0 amide bonds. The summed E-state index contributed by atoms with van der Waals surface area (Å²) in [5.74, 6) is 1.37. The maximum absolute atomic E-state index is 8.58. The predicted octanol–water partition coefficient (Wildman–Crippen LogP) is 3.26. The molecule has 0 aliphatic rings. The Kier molecular flexibility index (Phi) is 5.22. The zero-order chi connectivity index (χ0) is 14.2. The van der Waals surface area contributed by atoms with Gasteiger partial charge in [-0.1, -0.05) is 23.7 Å². The van der Waals surface area contributed by atoms with Crippen LogP contribution >= 0.6 is 11.6 Å². The van der Waals surface area contributed by atoms with Gasteiger partial charge < -0.3 is 9.47 Å². The van der Waals surface area contributed by atoms with Crippen molar-refractivity contribution in [2.45, 2.75) is 6.42 Å². The molecule has 20 heavy (non-hydrogen) atoms. The second-order valence-electron chi connectivity index (χ2n) is 4.01. The highest BCUT2D eigenvalue weighted by atomic mass is 35.5. The summed E-state index contributed by atoms with van der Waals surface area (Å²) in [5.41, 5.74) is 0.973. The van der Waals surface area contributed by atoms with E-state index in [2.05, 4.69) is 11.1 Å². The van der Waals surface area contributed by atoms with E-state index in [0.29, 0.717) is 30.4 Å². The first-order valence-corrected chi connectivity index (χ1v) is 6.48. The van der Waals surface area contributed by atoms with Crippen LogP contribution < -0.4 is 9.47 Å². The Morgan fingerprint density at radius 3 is 2.40 bits per heavy atom. The molecule has 0 radical (unpaired) electrons. The fourth-order valence-corrected chi connectivity index (χ4v) is 1.75. The molecule has 0 bridgehead atoms. The number of pyridine rings is 1. The van der Waals surface area contributed by atoms with Crippen molar-refractivity contribution < 1.29 is 9.47 Å². The van der Waals surface area contributed by atoms with Crippen LogP contribution in [-0.2, 0) is 6.42 Å². The van der Waals surface area contributed by atoms with Crippen molar-refractivity contribution in [3.63, 3.8) is 0 Å². The zero-order valence-electron chi connectivity index (χ0n) is 10.8. The lowest BCUT2D eigenvalue weighted by Gasteiger charge is -2.08. The number of halogens is 1. The quantitative estimate of drug-likeness (QED) is 0.766. The van der Waals surface area contributed by atoms with Gasteiger partial charge in [0.2, 0.25) is 0 Å². The Bertz CT molecular complexity index is 594. The maximum atomic E-state index is 8.58. The molecule has 0 spiro atoms. The van der Waals surface area contributed by atoms with Crippen molar-refractivity contribution >= 4 is 11.6 Å². The Labute approximate surface area is 122 Å². The molecule has 1 heterocycles. The van der Waals surface area contributed by atoms with Crippen LogP contribution in [0.15, 0.2) is 42.7 Å². The van der Waals surface area contributed by atoms with Gasteiger partial charge >= 0.3 is 0 Å².